The summed E-state index contributed by atoms with van der Waals surface area (Å²) in [5.74, 6) is -5.39. The average Bonchev–Trinajstić information content (AvgIpc) is 2.87. The molecule has 0 spiro atoms. The van der Waals surface area contributed by atoms with Gasteiger partial charge < -0.3 is 45.3 Å². The minimum Gasteiger partial charge on any atom is -0.544 e. The normalized spacial score (nSPS) is 24.7. The Morgan fingerprint density at radius 2 is 1.70 bits per heavy atom. The first-order valence-corrected chi connectivity index (χ1v) is 11.3. The summed E-state index contributed by atoms with van der Waals surface area (Å²) < 4.78 is 11.2. The smallest absolute Gasteiger partial charge is 0.544 e. The summed E-state index contributed by atoms with van der Waals surface area (Å²) in [4.78, 5) is 36.1. The Labute approximate surface area is 236 Å². The van der Waals surface area contributed by atoms with Crippen molar-refractivity contribution in [1.82, 2.24) is 10.6 Å². The van der Waals surface area contributed by atoms with E-state index in [1.165, 1.54) is 6.92 Å². The second kappa shape index (κ2) is 14.0. The molecule has 1 aliphatic rings. The van der Waals surface area contributed by atoms with Gasteiger partial charge in [0.05, 0.1) is 24.9 Å². The molecule has 194 valence electrons. The van der Waals surface area contributed by atoms with Gasteiger partial charge >= 0.3 is 29.6 Å². The molecule has 1 heterocycles. The largest absolute Gasteiger partial charge is 1.00 e. The van der Waals surface area contributed by atoms with Gasteiger partial charge in [-0.3, -0.25) is 9.59 Å². The third-order valence-corrected chi connectivity index (χ3v) is 5.81. The molecular weight excluding hydrogens is 495 g/mol. The zero-order valence-corrected chi connectivity index (χ0v) is 22.6. The molecule has 2 amide bonds. The van der Waals surface area contributed by atoms with Crippen molar-refractivity contribution < 1.29 is 73.8 Å². The number of hydrogen-bond acceptors (Lipinski definition) is 9. The molecule has 1 saturated heterocycles. The SMILES string of the molecule is CC(=O)N[C@H]1[C@H]([C@@H](O)[C@H](O)CNC(=O)c2ccccc2)O[C@@](OCc2ccccc2)(C(=O)[O-])C[C@@H]1O.[Na+]. The third-order valence-electron chi connectivity index (χ3n) is 5.81. The minimum atomic E-state index is -2.48. The number of hydrogen-bond donors (Lipinski definition) is 5. The van der Waals surface area contributed by atoms with Crippen LogP contribution in [0.1, 0.15) is 29.3 Å². The Bertz CT molecular complexity index is 1040. The molecule has 1 fully saturated rings. The Morgan fingerprint density at radius 3 is 2.27 bits per heavy atom. The summed E-state index contributed by atoms with van der Waals surface area (Å²) >= 11 is 0. The fraction of sp³-hybridized carbons (Fsp3) is 0.400. The van der Waals surface area contributed by atoms with Crippen molar-refractivity contribution in [3.8, 4) is 0 Å². The van der Waals surface area contributed by atoms with Crippen LogP contribution in [0.25, 0.3) is 0 Å². The number of aliphatic carboxylic acids is 1. The number of carboxylic acids is 1. The van der Waals surface area contributed by atoms with E-state index in [1.807, 2.05) is 0 Å². The number of aliphatic hydroxyl groups is 3. The predicted molar refractivity (Wildman–Crippen MR) is 123 cm³/mol. The molecule has 1 aliphatic heterocycles. The predicted octanol–water partition coefficient (Wildman–Crippen LogP) is -4.54. The van der Waals surface area contributed by atoms with Crippen LogP contribution in [-0.2, 0) is 25.7 Å². The number of aliphatic hydroxyl groups excluding tert-OH is 3. The van der Waals surface area contributed by atoms with E-state index in [-0.39, 0.29) is 36.2 Å². The number of rotatable bonds is 10. The fourth-order valence-corrected chi connectivity index (χ4v) is 3.94. The van der Waals surface area contributed by atoms with Crippen molar-refractivity contribution in [2.24, 2.45) is 0 Å². The molecule has 37 heavy (non-hydrogen) atoms. The monoisotopic (exact) mass is 524 g/mol. The van der Waals surface area contributed by atoms with Gasteiger partial charge in [-0.05, 0) is 17.7 Å². The molecule has 12 heteroatoms. The fourth-order valence-electron chi connectivity index (χ4n) is 3.94. The molecule has 3 rings (SSSR count). The topological polar surface area (TPSA) is 177 Å². The van der Waals surface area contributed by atoms with E-state index >= 15 is 0 Å². The van der Waals surface area contributed by atoms with Crippen LogP contribution in [0.2, 0.25) is 0 Å². The van der Waals surface area contributed by atoms with Crippen LogP contribution in [0.15, 0.2) is 60.7 Å². The van der Waals surface area contributed by atoms with Crippen molar-refractivity contribution in [3.05, 3.63) is 71.8 Å². The van der Waals surface area contributed by atoms with Crippen molar-refractivity contribution in [2.45, 2.75) is 56.2 Å². The molecule has 2 aromatic carbocycles. The van der Waals surface area contributed by atoms with Crippen LogP contribution in [0.4, 0.5) is 0 Å². The van der Waals surface area contributed by atoms with Crippen molar-refractivity contribution >= 4 is 17.8 Å². The first kappa shape index (κ1) is 30.9. The number of benzene rings is 2. The van der Waals surface area contributed by atoms with Crippen LogP contribution in [-0.4, -0.2) is 75.9 Å². The molecule has 11 nitrogen and oxygen atoms in total. The van der Waals surface area contributed by atoms with Gasteiger partial charge in [0.1, 0.15) is 18.2 Å². The van der Waals surface area contributed by atoms with Crippen LogP contribution < -0.4 is 45.3 Å². The Morgan fingerprint density at radius 1 is 1.11 bits per heavy atom. The number of carboxylic acid groups (broad SMARTS) is 1. The maximum Gasteiger partial charge on any atom is 1.00 e. The number of ether oxygens (including phenoxy) is 2. The van der Waals surface area contributed by atoms with Crippen LogP contribution in [0.5, 0.6) is 0 Å². The molecule has 0 radical (unpaired) electrons. The standard InChI is InChI=1S/C25H30N2O9.Na/c1-15(28)27-20-18(29)12-25(24(33)34,35-14-16-8-4-2-5-9-16)36-22(20)21(31)19(30)13-26-23(32)17-10-6-3-7-11-17;/h2-11,18-22,29-31H,12-14H2,1H3,(H,26,32)(H,27,28)(H,33,34);/q;+1/p-1/t18-,19+,20+,21-,22+,25+;/m0./s1. The summed E-state index contributed by atoms with van der Waals surface area (Å²) in [6.07, 6.45) is -7.28. The summed E-state index contributed by atoms with van der Waals surface area (Å²) in [7, 11) is 0. The molecule has 5 N–H and O–H groups in total. The number of carbonyl (C=O) groups is 3. The van der Waals surface area contributed by atoms with Crippen LogP contribution in [0, 0.1) is 0 Å². The van der Waals surface area contributed by atoms with Crippen molar-refractivity contribution in [2.75, 3.05) is 6.54 Å². The molecule has 0 saturated carbocycles. The van der Waals surface area contributed by atoms with Crippen LogP contribution in [0.3, 0.4) is 0 Å². The first-order chi connectivity index (χ1) is 17.1. The van der Waals surface area contributed by atoms with Gasteiger partial charge in [-0.25, -0.2) is 0 Å². The van der Waals surface area contributed by atoms with Gasteiger partial charge in [-0.1, -0.05) is 48.5 Å². The molecule has 0 aromatic heterocycles. The quantitative estimate of drug-likeness (QED) is 0.192. The average molecular weight is 525 g/mol. The molecule has 6 atom stereocenters. The van der Waals surface area contributed by atoms with Gasteiger partial charge in [-0.2, -0.15) is 0 Å². The van der Waals surface area contributed by atoms with Crippen LogP contribution >= 0.6 is 0 Å². The van der Waals surface area contributed by atoms with E-state index in [0.717, 1.165) is 0 Å². The molecule has 0 bridgehead atoms. The van der Waals surface area contributed by atoms with E-state index in [9.17, 15) is 34.8 Å². The summed E-state index contributed by atoms with van der Waals surface area (Å²) in [6.45, 7) is 0.519. The van der Waals surface area contributed by atoms with Gasteiger partial charge in [0, 0.05) is 25.5 Å². The summed E-state index contributed by atoms with van der Waals surface area (Å²) in [5.41, 5.74) is 0.936. The summed E-state index contributed by atoms with van der Waals surface area (Å²) in [6, 6.07) is 15.5. The minimum absolute atomic E-state index is 0. The van der Waals surface area contributed by atoms with Gasteiger partial charge in [0.2, 0.25) is 11.7 Å². The Kier molecular flexibility index (Phi) is 11.7. The van der Waals surface area contributed by atoms with E-state index in [2.05, 4.69) is 10.6 Å². The van der Waals surface area contributed by atoms with E-state index in [1.54, 1.807) is 60.7 Å². The molecule has 0 unspecified atom stereocenters. The zero-order chi connectivity index (χ0) is 26.3. The second-order valence-electron chi connectivity index (χ2n) is 8.53. The van der Waals surface area contributed by atoms with Gasteiger partial charge in [0.15, 0.2) is 0 Å². The third kappa shape index (κ3) is 8.06. The van der Waals surface area contributed by atoms with E-state index in [4.69, 9.17) is 9.47 Å². The Hall–Kier alpha value is -2.35. The van der Waals surface area contributed by atoms with E-state index < -0.39 is 67.0 Å². The first-order valence-electron chi connectivity index (χ1n) is 11.3. The number of amides is 2. The molecule has 0 aliphatic carbocycles. The van der Waals surface area contributed by atoms with E-state index in [0.29, 0.717) is 11.1 Å². The number of carbonyl (C=O) groups excluding carboxylic acids is 3. The maximum absolute atomic E-state index is 12.3. The zero-order valence-electron chi connectivity index (χ0n) is 20.6. The van der Waals surface area contributed by atoms with Gasteiger partial charge in [0.25, 0.3) is 5.91 Å². The molecule has 2 aromatic rings. The summed E-state index contributed by atoms with van der Waals surface area (Å²) in [5, 5.41) is 49.2. The number of nitrogens with one attached hydrogen (secondary N) is 2. The Balaban J connectivity index is 0.00000481. The van der Waals surface area contributed by atoms with Crippen molar-refractivity contribution in [3.63, 3.8) is 0 Å². The van der Waals surface area contributed by atoms with Crippen molar-refractivity contribution in [1.29, 1.82) is 0 Å². The maximum atomic E-state index is 12.3. The molecular formula is C25H29N2NaO9. The van der Waals surface area contributed by atoms with Gasteiger partial charge in [-0.15, -0.1) is 0 Å². The second-order valence-corrected chi connectivity index (χ2v) is 8.53.